The minimum absolute atomic E-state index is 0.178. The van der Waals surface area contributed by atoms with Gasteiger partial charge in [-0.2, -0.15) is 0 Å². The van der Waals surface area contributed by atoms with Gasteiger partial charge in [-0.05, 0) is 59.2 Å². The number of amides is 1. The number of carbonyl (C=O) groups is 1. The Hall–Kier alpha value is -3.68. The highest BCUT2D eigenvalue weighted by Gasteiger charge is 2.13. The lowest BCUT2D eigenvalue weighted by molar-refractivity contribution is 0.0951. The number of nitrogens with one attached hydrogen (secondary N) is 1. The molecule has 0 atom stereocenters. The molecule has 0 bridgehead atoms. The molecule has 0 unspecified atom stereocenters. The van der Waals surface area contributed by atoms with Gasteiger partial charge in [0.2, 0.25) is 0 Å². The van der Waals surface area contributed by atoms with Gasteiger partial charge in [-0.25, -0.2) is 9.37 Å². The van der Waals surface area contributed by atoms with Crippen LogP contribution in [-0.4, -0.2) is 20.4 Å². The lowest BCUT2D eigenvalue weighted by Gasteiger charge is -2.10. The minimum atomic E-state index is -0.298. The fourth-order valence-corrected chi connectivity index (χ4v) is 4.87. The molecule has 5 nitrogen and oxygen atoms in total. The predicted molar refractivity (Wildman–Crippen MR) is 142 cm³/mol. The van der Waals surface area contributed by atoms with Gasteiger partial charge in [0.1, 0.15) is 5.82 Å². The Morgan fingerprint density at radius 1 is 0.917 bits per heavy atom. The molecule has 0 spiro atoms. The first-order valence-electron chi connectivity index (χ1n) is 11.3. The van der Waals surface area contributed by atoms with E-state index in [1.54, 1.807) is 30.1 Å². The number of hydrogen-bond donors (Lipinski definition) is 1. The molecule has 0 aliphatic rings. The molecule has 0 radical (unpaired) electrons. The van der Waals surface area contributed by atoms with Crippen LogP contribution >= 0.6 is 23.4 Å². The molecule has 0 saturated heterocycles. The summed E-state index contributed by atoms with van der Waals surface area (Å²) in [6, 6.07) is 23.3. The molecule has 1 N–H and O–H groups in total. The maximum atomic E-state index is 13.1. The number of thioether (sulfide) groups is 1. The molecule has 2 heterocycles. The van der Waals surface area contributed by atoms with Gasteiger partial charge in [0.15, 0.2) is 5.16 Å². The Labute approximate surface area is 217 Å². The predicted octanol–water partition coefficient (Wildman–Crippen LogP) is 6.49. The maximum absolute atomic E-state index is 13.1. The summed E-state index contributed by atoms with van der Waals surface area (Å²) in [6.07, 6.45) is 3.57. The standard InChI is InChI=1S/C28H22ClFN4OS/c29-23-9-3-21(4-10-23)18-36-28-33-25-13-14-31-16-26(25)34(28)17-20-1-7-22(8-2-20)27(35)32-15-19-5-11-24(30)12-6-19/h1-14,16H,15,17-18H2,(H,32,35). The minimum Gasteiger partial charge on any atom is -0.348 e. The van der Waals surface area contributed by atoms with Crippen LogP contribution in [0.25, 0.3) is 11.0 Å². The van der Waals surface area contributed by atoms with Crippen LogP contribution in [0, 0.1) is 5.82 Å². The van der Waals surface area contributed by atoms with E-state index in [0.717, 1.165) is 43.7 Å². The van der Waals surface area contributed by atoms with Crippen molar-refractivity contribution in [1.29, 1.82) is 0 Å². The molecular formula is C28H22ClFN4OS. The number of hydrogen-bond acceptors (Lipinski definition) is 4. The summed E-state index contributed by atoms with van der Waals surface area (Å²) in [5.41, 5.74) is 5.46. The van der Waals surface area contributed by atoms with Crippen molar-refractivity contribution >= 4 is 40.3 Å². The molecule has 3 aromatic carbocycles. The molecule has 0 aliphatic heterocycles. The highest BCUT2D eigenvalue weighted by atomic mass is 35.5. The lowest BCUT2D eigenvalue weighted by atomic mass is 10.1. The molecule has 0 fully saturated rings. The summed E-state index contributed by atoms with van der Waals surface area (Å²) in [6.45, 7) is 0.936. The lowest BCUT2D eigenvalue weighted by Crippen LogP contribution is -2.22. The van der Waals surface area contributed by atoms with Crippen LogP contribution in [0.1, 0.15) is 27.0 Å². The quantitative estimate of drug-likeness (QED) is 0.239. The van der Waals surface area contributed by atoms with E-state index in [1.165, 1.54) is 12.1 Å². The van der Waals surface area contributed by atoms with Crippen molar-refractivity contribution in [2.24, 2.45) is 0 Å². The van der Waals surface area contributed by atoms with Crippen molar-refractivity contribution in [3.05, 3.63) is 124 Å². The molecule has 1 amide bonds. The summed E-state index contributed by atoms with van der Waals surface area (Å²) >= 11 is 7.67. The smallest absolute Gasteiger partial charge is 0.251 e. The molecule has 0 saturated carbocycles. The van der Waals surface area contributed by atoms with Crippen molar-refractivity contribution < 1.29 is 9.18 Å². The molecular weight excluding hydrogens is 495 g/mol. The second-order valence-electron chi connectivity index (χ2n) is 8.27. The van der Waals surface area contributed by atoms with Crippen molar-refractivity contribution in [1.82, 2.24) is 19.9 Å². The third kappa shape index (κ3) is 5.75. The van der Waals surface area contributed by atoms with Gasteiger partial charge in [0.25, 0.3) is 5.91 Å². The number of benzene rings is 3. The average Bonchev–Trinajstić information content (AvgIpc) is 3.25. The molecule has 8 heteroatoms. The normalized spacial score (nSPS) is 11.1. The van der Waals surface area contributed by atoms with E-state index >= 15 is 0 Å². The van der Waals surface area contributed by atoms with Gasteiger partial charge in [-0.15, -0.1) is 0 Å². The highest BCUT2D eigenvalue weighted by Crippen LogP contribution is 2.28. The van der Waals surface area contributed by atoms with Gasteiger partial charge in [0.05, 0.1) is 23.8 Å². The Morgan fingerprint density at radius 3 is 2.36 bits per heavy atom. The molecule has 2 aromatic heterocycles. The molecule has 180 valence electrons. The van der Waals surface area contributed by atoms with Crippen molar-refractivity contribution in [2.75, 3.05) is 0 Å². The number of fused-ring (bicyclic) bond motifs is 1. The summed E-state index contributed by atoms with van der Waals surface area (Å²) in [4.78, 5) is 21.7. The van der Waals surface area contributed by atoms with Gasteiger partial charge >= 0.3 is 0 Å². The fourth-order valence-electron chi connectivity index (χ4n) is 3.77. The third-order valence-corrected chi connectivity index (χ3v) is 7.02. The summed E-state index contributed by atoms with van der Waals surface area (Å²) in [5.74, 6) is 0.289. The topological polar surface area (TPSA) is 59.8 Å². The Morgan fingerprint density at radius 2 is 1.61 bits per heavy atom. The largest absolute Gasteiger partial charge is 0.348 e. The number of imidazole rings is 1. The summed E-state index contributed by atoms with van der Waals surface area (Å²) < 4.78 is 15.2. The molecule has 5 rings (SSSR count). The number of aromatic nitrogens is 3. The third-order valence-electron chi connectivity index (χ3n) is 5.72. The number of rotatable bonds is 8. The van der Waals surface area contributed by atoms with E-state index in [0.29, 0.717) is 18.7 Å². The Kier molecular flexibility index (Phi) is 7.30. The zero-order chi connectivity index (χ0) is 24.9. The SMILES string of the molecule is O=C(NCc1ccc(F)cc1)c1ccc(Cn2c(SCc3ccc(Cl)cc3)nc3ccncc32)cc1. The maximum Gasteiger partial charge on any atom is 0.251 e. The van der Waals surface area contributed by atoms with Crippen LogP contribution in [0.3, 0.4) is 0 Å². The zero-order valence-electron chi connectivity index (χ0n) is 19.2. The Balaban J connectivity index is 1.29. The van der Waals surface area contributed by atoms with Gasteiger partial charge in [0, 0.05) is 29.1 Å². The van der Waals surface area contributed by atoms with Crippen LogP contribution in [0.5, 0.6) is 0 Å². The number of carbonyl (C=O) groups excluding carboxylic acids is 1. The van der Waals surface area contributed by atoms with Crippen LogP contribution in [-0.2, 0) is 18.8 Å². The second-order valence-corrected chi connectivity index (χ2v) is 9.65. The van der Waals surface area contributed by atoms with E-state index < -0.39 is 0 Å². The van der Waals surface area contributed by atoms with Crippen LogP contribution < -0.4 is 5.32 Å². The highest BCUT2D eigenvalue weighted by molar-refractivity contribution is 7.98. The fraction of sp³-hybridized carbons (Fsp3) is 0.107. The van der Waals surface area contributed by atoms with Crippen LogP contribution in [0.4, 0.5) is 4.39 Å². The first kappa shape index (κ1) is 24.0. The monoisotopic (exact) mass is 516 g/mol. The first-order valence-corrected chi connectivity index (χ1v) is 12.7. The van der Waals surface area contributed by atoms with Crippen LogP contribution in [0.2, 0.25) is 5.02 Å². The number of halogens is 2. The van der Waals surface area contributed by atoms with E-state index in [4.69, 9.17) is 16.6 Å². The van der Waals surface area contributed by atoms with Crippen LogP contribution in [0.15, 0.2) is 96.4 Å². The average molecular weight is 517 g/mol. The Bertz CT molecular complexity index is 1490. The molecule has 0 aliphatic carbocycles. The van der Waals surface area contributed by atoms with Crippen molar-refractivity contribution in [2.45, 2.75) is 24.0 Å². The van der Waals surface area contributed by atoms with Crippen molar-refractivity contribution in [3.63, 3.8) is 0 Å². The number of nitrogens with zero attached hydrogens (tertiary/aromatic N) is 3. The van der Waals surface area contributed by atoms with E-state index in [9.17, 15) is 9.18 Å². The van der Waals surface area contributed by atoms with Crippen molar-refractivity contribution in [3.8, 4) is 0 Å². The van der Waals surface area contributed by atoms with E-state index in [-0.39, 0.29) is 11.7 Å². The first-order chi connectivity index (χ1) is 17.5. The van der Waals surface area contributed by atoms with Gasteiger partial charge < -0.3 is 9.88 Å². The number of pyridine rings is 1. The van der Waals surface area contributed by atoms with Gasteiger partial charge in [-0.3, -0.25) is 9.78 Å². The van der Waals surface area contributed by atoms with E-state index in [2.05, 4.69) is 14.9 Å². The van der Waals surface area contributed by atoms with Gasteiger partial charge in [-0.1, -0.05) is 59.8 Å². The van der Waals surface area contributed by atoms with E-state index in [1.807, 2.05) is 60.8 Å². The molecule has 36 heavy (non-hydrogen) atoms. The zero-order valence-corrected chi connectivity index (χ0v) is 20.8. The summed E-state index contributed by atoms with van der Waals surface area (Å²) in [5, 5.41) is 4.49. The summed E-state index contributed by atoms with van der Waals surface area (Å²) in [7, 11) is 0. The second kappa shape index (κ2) is 10.9. The molecule has 5 aromatic rings.